The molecule has 3 heteroatoms. The maximum absolute atomic E-state index is 11.3. The Bertz CT molecular complexity index is 590. The van der Waals surface area contributed by atoms with Crippen molar-refractivity contribution >= 4 is 5.78 Å². The normalized spacial score (nSPS) is 10.1. The summed E-state index contributed by atoms with van der Waals surface area (Å²) in [7, 11) is 1.66. The number of carbonyl (C=O) groups is 1. The number of hydrogen-bond donors (Lipinski definition) is 0. The molecule has 3 nitrogen and oxygen atoms in total. The molecule has 2 rings (SSSR count). The van der Waals surface area contributed by atoms with Gasteiger partial charge < -0.3 is 9.47 Å². The highest BCUT2D eigenvalue weighted by atomic mass is 16.5. The van der Waals surface area contributed by atoms with Crippen molar-refractivity contribution in [3.05, 3.63) is 59.7 Å². The minimum atomic E-state index is 0.0447. The molecular formula is C17H18O3. The first-order valence-corrected chi connectivity index (χ1v) is 6.56. The minimum absolute atomic E-state index is 0.0447. The maximum atomic E-state index is 11.3. The van der Waals surface area contributed by atoms with E-state index in [-0.39, 0.29) is 5.78 Å². The van der Waals surface area contributed by atoms with Gasteiger partial charge in [-0.15, -0.1) is 0 Å². The van der Waals surface area contributed by atoms with Gasteiger partial charge in [-0.05, 0) is 36.8 Å². The smallest absolute Gasteiger partial charge is 0.159 e. The number of rotatable bonds is 6. The summed E-state index contributed by atoms with van der Waals surface area (Å²) in [6.07, 6.45) is 0.793. The van der Waals surface area contributed by atoms with E-state index in [0.717, 1.165) is 23.5 Å². The van der Waals surface area contributed by atoms with E-state index in [1.165, 1.54) is 0 Å². The number of hydrogen-bond acceptors (Lipinski definition) is 3. The lowest BCUT2D eigenvalue weighted by Crippen LogP contribution is -2.02. The third-order valence-corrected chi connectivity index (χ3v) is 3.03. The van der Waals surface area contributed by atoms with Crippen LogP contribution in [0.2, 0.25) is 0 Å². The zero-order valence-electron chi connectivity index (χ0n) is 11.8. The fourth-order valence-electron chi connectivity index (χ4n) is 1.92. The predicted molar refractivity (Wildman–Crippen MR) is 78.6 cm³/mol. The fourth-order valence-corrected chi connectivity index (χ4v) is 1.92. The Morgan fingerprint density at radius 2 is 1.80 bits per heavy atom. The summed E-state index contributed by atoms with van der Waals surface area (Å²) >= 11 is 0. The highest BCUT2D eigenvalue weighted by Crippen LogP contribution is 2.16. The standard InChI is InChI=1S/C17H18O3/c1-13(18)15-6-4-8-17(12-15)20-10-9-14-5-3-7-16(11-14)19-2/h3-8,11-12H,9-10H2,1-2H3. The number of methoxy groups -OCH3 is 1. The molecule has 0 atom stereocenters. The molecule has 0 unspecified atom stereocenters. The van der Waals surface area contributed by atoms with Crippen LogP contribution < -0.4 is 9.47 Å². The molecule has 2 aromatic rings. The van der Waals surface area contributed by atoms with E-state index in [1.807, 2.05) is 36.4 Å². The van der Waals surface area contributed by atoms with Crippen LogP contribution in [-0.2, 0) is 6.42 Å². The first-order valence-electron chi connectivity index (χ1n) is 6.56. The number of benzene rings is 2. The molecule has 0 aromatic heterocycles. The van der Waals surface area contributed by atoms with Crippen LogP contribution in [0.25, 0.3) is 0 Å². The topological polar surface area (TPSA) is 35.5 Å². The van der Waals surface area contributed by atoms with Crippen LogP contribution in [-0.4, -0.2) is 19.5 Å². The fraction of sp³-hybridized carbons (Fsp3) is 0.235. The zero-order chi connectivity index (χ0) is 14.4. The monoisotopic (exact) mass is 270 g/mol. The van der Waals surface area contributed by atoms with E-state index in [4.69, 9.17) is 9.47 Å². The number of carbonyl (C=O) groups excluding carboxylic acids is 1. The van der Waals surface area contributed by atoms with Crippen LogP contribution in [0.1, 0.15) is 22.8 Å². The van der Waals surface area contributed by atoms with Crippen LogP contribution in [0.3, 0.4) is 0 Å². The van der Waals surface area contributed by atoms with Crippen molar-refractivity contribution in [2.24, 2.45) is 0 Å². The van der Waals surface area contributed by atoms with Crippen LogP contribution in [0.15, 0.2) is 48.5 Å². The van der Waals surface area contributed by atoms with Gasteiger partial charge in [0.05, 0.1) is 13.7 Å². The zero-order valence-corrected chi connectivity index (χ0v) is 11.8. The summed E-state index contributed by atoms with van der Waals surface area (Å²) < 4.78 is 10.9. The molecule has 2 aromatic carbocycles. The molecule has 0 radical (unpaired) electrons. The summed E-state index contributed by atoms with van der Waals surface area (Å²) in [4.78, 5) is 11.3. The quantitative estimate of drug-likeness (QED) is 0.753. The highest BCUT2D eigenvalue weighted by Gasteiger charge is 2.02. The van der Waals surface area contributed by atoms with Gasteiger partial charge in [-0.25, -0.2) is 0 Å². The molecule has 0 aliphatic rings. The van der Waals surface area contributed by atoms with Crippen LogP contribution >= 0.6 is 0 Å². The Morgan fingerprint density at radius 1 is 1.05 bits per heavy atom. The lowest BCUT2D eigenvalue weighted by atomic mass is 10.1. The Morgan fingerprint density at radius 3 is 2.55 bits per heavy atom. The summed E-state index contributed by atoms with van der Waals surface area (Å²) in [6, 6.07) is 15.2. The van der Waals surface area contributed by atoms with E-state index < -0.39 is 0 Å². The molecule has 0 saturated heterocycles. The van der Waals surface area contributed by atoms with Crippen LogP contribution in [0.4, 0.5) is 0 Å². The van der Waals surface area contributed by atoms with Crippen molar-refractivity contribution in [1.82, 2.24) is 0 Å². The van der Waals surface area contributed by atoms with Crippen LogP contribution in [0.5, 0.6) is 11.5 Å². The van der Waals surface area contributed by atoms with Crippen molar-refractivity contribution in [1.29, 1.82) is 0 Å². The van der Waals surface area contributed by atoms with E-state index in [9.17, 15) is 4.79 Å². The molecule has 20 heavy (non-hydrogen) atoms. The molecular weight excluding hydrogens is 252 g/mol. The molecule has 104 valence electrons. The van der Waals surface area contributed by atoms with Gasteiger partial charge in [-0.1, -0.05) is 24.3 Å². The van der Waals surface area contributed by atoms with E-state index in [0.29, 0.717) is 12.2 Å². The van der Waals surface area contributed by atoms with E-state index in [1.54, 1.807) is 26.2 Å². The van der Waals surface area contributed by atoms with Crippen molar-refractivity contribution in [3.8, 4) is 11.5 Å². The Hall–Kier alpha value is -2.29. The van der Waals surface area contributed by atoms with Gasteiger partial charge in [0, 0.05) is 12.0 Å². The largest absolute Gasteiger partial charge is 0.497 e. The maximum Gasteiger partial charge on any atom is 0.159 e. The Balaban J connectivity index is 1.92. The van der Waals surface area contributed by atoms with Gasteiger partial charge >= 0.3 is 0 Å². The third-order valence-electron chi connectivity index (χ3n) is 3.03. The second kappa shape index (κ2) is 6.75. The molecule has 0 saturated carbocycles. The van der Waals surface area contributed by atoms with E-state index >= 15 is 0 Å². The van der Waals surface area contributed by atoms with Crippen molar-refractivity contribution in [2.75, 3.05) is 13.7 Å². The first-order chi connectivity index (χ1) is 9.69. The number of ether oxygens (including phenoxy) is 2. The van der Waals surface area contributed by atoms with Gasteiger partial charge in [0.2, 0.25) is 0 Å². The van der Waals surface area contributed by atoms with Gasteiger partial charge in [-0.2, -0.15) is 0 Å². The molecule has 0 heterocycles. The molecule has 0 amide bonds. The molecule has 0 aliphatic carbocycles. The van der Waals surface area contributed by atoms with Gasteiger partial charge in [0.1, 0.15) is 11.5 Å². The average Bonchev–Trinajstić information content (AvgIpc) is 2.48. The summed E-state index contributed by atoms with van der Waals surface area (Å²) in [5.74, 6) is 1.62. The lowest BCUT2D eigenvalue weighted by Gasteiger charge is -2.08. The average molecular weight is 270 g/mol. The minimum Gasteiger partial charge on any atom is -0.497 e. The second-order valence-corrected chi connectivity index (χ2v) is 4.53. The molecule has 0 bridgehead atoms. The summed E-state index contributed by atoms with van der Waals surface area (Å²) in [6.45, 7) is 2.11. The van der Waals surface area contributed by atoms with Crippen LogP contribution in [0, 0.1) is 0 Å². The number of ketones is 1. The molecule has 0 spiro atoms. The molecule has 0 aliphatic heterocycles. The predicted octanol–water partition coefficient (Wildman–Crippen LogP) is 3.52. The Kier molecular flexibility index (Phi) is 4.77. The van der Waals surface area contributed by atoms with Gasteiger partial charge in [0.25, 0.3) is 0 Å². The number of Topliss-reactive ketones (excluding diaryl/α,β-unsaturated/α-hetero) is 1. The van der Waals surface area contributed by atoms with Gasteiger partial charge in [-0.3, -0.25) is 4.79 Å². The molecule has 0 fully saturated rings. The lowest BCUT2D eigenvalue weighted by molar-refractivity contribution is 0.101. The second-order valence-electron chi connectivity index (χ2n) is 4.53. The van der Waals surface area contributed by atoms with E-state index in [2.05, 4.69) is 0 Å². The van der Waals surface area contributed by atoms with Crippen molar-refractivity contribution < 1.29 is 14.3 Å². The first kappa shape index (κ1) is 14.1. The SMILES string of the molecule is COc1cccc(CCOc2cccc(C(C)=O)c2)c1. The van der Waals surface area contributed by atoms with Crippen molar-refractivity contribution in [2.45, 2.75) is 13.3 Å². The summed E-state index contributed by atoms with van der Waals surface area (Å²) in [5, 5.41) is 0. The molecule has 0 N–H and O–H groups in total. The van der Waals surface area contributed by atoms with Gasteiger partial charge in [0.15, 0.2) is 5.78 Å². The Labute approximate surface area is 119 Å². The third kappa shape index (κ3) is 3.85. The highest BCUT2D eigenvalue weighted by molar-refractivity contribution is 5.94. The summed E-state index contributed by atoms with van der Waals surface area (Å²) in [5.41, 5.74) is 1.83. The van der Waals surface area contributed by atoms with Crippen molar-refractivity contribution in [3.63, 3.8) is 0 Å².